The Morgan fingerprint density at radius 1 is 1.57 bits per heavy atom. The minimum absolute atomic E-state index is 0.224. The Labute approximate surface area is 145 Å². The van der Waals surface area contributed by atoms with E-state index in [1.54, 1.807) is 23.5 Å². The monoisotopic (exact) mass is 390 g/mol. The zero-order chi connectivity index (χ0) is 15.8. The quantitative estimate of drug-likeness (QED) is 0.447. The van der Waals surface area contributed by atoms with Crippen LogP contribution in [0.3, 0.4) is 0 Å². The molecule has 0 spiro atoms. The number of alkyl halides is 3. The lowest BCUT2D eigenvalue weighted by Crippen LogP contribution is -2.68. The molecule has 10 heteroatoms. The molecule has 1 fully saturated rings. The summed E-state index contributed by atoms with van der Waals surface area (Å²) in [6.07, 6.45) is 1.91. The van der Waals surface area contributed by atoms with E-state index < -0.39 is 15.8 Å². The molecule has 1 amide bonds. The van der Waals surface area contributed by atoms with Crippen LogP contribution in [0.4, 0.5) is 0 Å². The van der Waals surface area contributed by atoms with Gasteiger partial charge in [-0.2, -0.15) is 11.8 Å². The van der Waals surface area contributed by atoms with Crippen molar-refractivity contribution in [3.8, 4) is 0 Å². The van der Waals surface area contributed by atoms with Crippen molar-refractivity contribution in [1.82, 2.24) is 4.90 Å². The van der Waals surface area contributed by atoms with Gasteiger partial charge in [-0.25, -0.2) is 4.79 Å². The summed E-state index contributed by atoms with van der Waals surface area (Å²) in [5.41, 5.74) is 6.82. The van der Waals surface area contributed by atoms with Gasteiger partial charge in [-0.3, -0.25) is 9.69 Å². The summed E-state index contributed by atoms with van der Waals surface area (Å²) in [5.74, 6) is 0.306. The Kier molecular flexibility index (Phi) is 5.66. The number of carbonyl (C=O) groups is 2. The fourth-order valence-electron chi connectivity index (χ4n) is 2.07. The molecule has 5 nitrogen and oxygen atoms in total. The highest BCUT2D eigenvalue weighted by Crippen LogP contribution is 2.40. The lowest BCUT2D eigenvalue weighted by molar-refractivity contribution is -0.150. The van der Waals surface area contributed by atoms with Gasteiger partial charge in [0, 0.05) is 11.5 Å². The molecule has 1 saturated heterocycles. The molecular weight excluding hydrogens is 379 g/mol. The van der Waals surface area contributed by atoms with E-state index in [1.165, 1.54) is 4.90 Å². The molecular formula is C11H13Cl3N2O3S2. The van der Waals surface area contributed by atoms with Crippen molar-refractivity contribution < 1.29 is 14.3 Å². The van der Waals surface area contributed by atoms with Crippen molar-refractivity contribution in [3.05, 3.63) is 11.3 Å². The van der Waals surface area contributed by atoms with Crippen molar-refractivity contribution in [2.75, 3.05) is 24.4 Å². The third kappa shape index (κ3) is 3.76. The molecule has 2 atom stereocenters. The number of rotatable bonds is 4. The molecule has 2 aliphatic rings. The fraction of sp³-hybridized carbons (Fsp3) is 0.636. The smallest absolute Gasteiger partial charge is 0.355 e. The van der Waals surface area contributed by atoms with Gasteiger partial charge in [0.25, 0.3) is 0 Å². The van der Waals surface area contributed by atoms with Crippen LogP contribution in [-0.2, 0) is 14.3 Å². The molecule has 2 rings (SSSR count). The first-order valence-electron chi connectivity index (χ1n) is 5.91. The predicted octanol–water partition coefficient (Wildman–Crippen LogP) is 1.76. The van der Waals surface area contributed by atoms with Gasteiger partial charge >= 0.3 is 5.97 Å². The topological polar surface area (TPSA) is 72.6 Å². The summed E-state index contributed by atoms with van der Waals surface area (Å²) < 4.78 is 3.33. The summed E-state index contributed by atoms with van der Waals surface area (Å²) in [6, 6.07) is -0.582. The van der Waals surface area contributed by atoms with E-state index in [4.69, 9.17) is 45.3 Å². The van der Waals surface area contributed by atoms with Gasteiger partial charge in [-0.05, 0) is 11.8 Å². The Balaban J connectivity index is 2.21. The van der Waals surface area contributed by atoms with E-state index in [0.29, 0.717) is 11.5 Å². The number of nitrogens with zero attached hydrogens (tertiary/aromatic N) is 1. The number of β-lactam (4-membered cyclic amide) rings is 1. The molecule has 2 aliphatic heterocycles. The number of hydrogen-bond donors (Lipinski definition) is 1. The van der Waals surface area contributed by atoms with Crippen LogP contribution in [-0.4, -0.2) is 56.4 Å². The number of nitrogens with two attached hydrogens (primary N) is 1. The van der Waals surface area contributed by atoms with E-state index in [2.05, 4.69) is 0 Å². The van der Waals surface area contributed by atoms with Crippen LogP contribution in [0.2, 0.25) is 0 Å². The highest BCUT2D eigenvalue weighted by atomic mass is 35.6. The number of ether oxygens (including phenoxy) is 1. The third-order valence-corrected chi connectivity index (χ3v) is 5.29. The van der Waals surface area contributed by atoms with Crippen molar-refractivity contribution in [3.63, 3.8) is 0 Å². The first kappa shape index (κ1) is 17.6. The second kappa shape index (κ2) is 6.76. The van der Waals surface area contributed by atoms with Crippen LogP contribution in [0.5, 0.6) is 0 Å². The maximum atomic E-state index is 12.3. The number of amides is 1. The molecule has 0 aromatic rings. The number of fused-ring (bicyclic) bond motifs is 1. The Morgan fingerprint density at radius 3 is 2.81 bits per heavy atom. The van der Waals surface area contributed by atoms with E-state index in [1.807, 2.05) is 6.26 Å². The molecule has 0 aromatic carbocycles. The number of halogens is 3. The maximum Gasteiger partial charge on any atom is 0.355 e. The average Bonchev–Trinajstić information content (AvgIpc) is 2.43. The highest BCUT2D eigenvalue weighted by Gasteiger charge is 2.52. The molecule has 0 aromatic heterocycles. The standard InChI is InChI=1S/C11H13Cl3N2O3S2/c1-20-2-5-3-21-9-6(15)8(17)16(9)7(5)10(18)19-4-11(12,13)14/h6,9H,2-4,15H2,1H3/t6-,9+/m1/s1. The first-order valence-corrected chi connectivity index (χ1v) is 9.49. The van der Waals surface area contributed by atoms with Crippen molar-refractivity contribution in [2.45, 2.75) is 15.2 Å². The van der Waals surface area contributed by atoms with Crippen LogP contribution in [0.1, 0.15) is 0 Å². The van der Waals surface area contributed by atoms with Crippen LogP contribution >= 0.6 is 58.3 Å². The number of hydrogen-bond acceptors (Lipinski definition) is 6. The summed E-state index contributed by atoms with van der Waals surface area (Å²) in [6.45, 7) is -0.377. The summed E-state index contributed by atoms with van der Waals surface area (Å²) in [5, 5.41) is -0.224. The summed E-state index contributed by atoms with van der Waals surface area (Å²) >= 11 is 19.8. The first-order chi connectivity index (χ1) is 9.76. The molecule has 0 bridgehead atoms. The Hall–Kier alpha value is 0.210. The second-order valence-electron chi connectivity index (χ2n) is 4.51. The number of carbonyl (C=O) groups excluding carboxylic acids is 2. The molecule has 21 heavy (non-hydrogen) atoms. The lowest BCUT2D eigenvalue weighted by Gasteiger charge is -2.48. The minimum atomic E-state index is -1.69. The van der Waals surface area contributed by atoms with Gasteiger partial charge in [-0.15, -0.1) is 11.8 Å². The van der Waals surface area contributed by atoms with E-state index in [0.717, 1.165) is 5.57 Å². The highest BCUT2D eigenvalue weighted by molar-refractivity contribution is 8.00. The predicted molar refractivity (Wildman–Crippen MR) is 87.7 cm³/mol. The van der Waals surface area contributed by atoms with Gasteiger partial charge in [0.15, 0.2) is 0 Å². The summed E-state index contributed by atoms with van der Waals surface area (Å²) in [7, 11) is 0. The van der Waals surface area contributed by atoms with Crippen molar-refractivity contribution in [1.29, 1.82) is 0 Å². The molecule has 0 radical (unpaired) electrons. The average molecular weight is 392 g/mol. The maximum absolute atomic E-state index is 12.3. The molecule has 2 N–H and O–H groups in total. The van der Waals surface area contributed by atoms with Crippen LogP contribution < -0.4 is 5.73 Å². The van der Waals surface area contributed by atoms with Crippen LogP contribution in [0, 0.1) is 0 Å². The van der Waals surface area contributed by atoms with E-state index in [9.17, 15) is 9.59 Å². The van der Waals surface area contributed by atoms with Crippen LogP contribution in [0.25, 0.3) is 0 Å². The fourth-order valence-corrected chi connectivity index (χ4v) is 4.24. The van der Waals surface area contributed by atoms with E-state index in [-0.39, 0.29) is 23.6 Å². The zero-order valence-electron chi connectivity index (χ0n) is 11.0. The Morgan fingerprint density at radius 2 is 2.24 bits per heavy atom. The van der Waals surface area contributed by atoms with E-state index >= 15 is 0 Å². The largest absolute Gasteiger partial charge is 0.456 e. The van der Waals surface area contributed by atoms with Gasteiger partial charge in [-0.1, -0.05) is 34.8 Å². The molecule has 2 heterocycles. The van der Waals surface area contributed by atoms with Crippen molar-refractivity contribution in [2.24, 2.45) is 5.73 Å². The molecule has 0 aliphatic carbocycles. The van der Waals surface area contributed by atoms with Gasteiger partial charge in [0.05, 0.1) is 0 Å². The lowest BCUT2D eigenvalue weighted by atomic mass is 10.0. The SMILES string of the molecule is CSCC1=C(C(=O)OCC(Cl)(Cl)Cl)N2C(=O)[C@@H](N)[C@@H]2SC1. The second-order valence-corrected chi connectivity index (χ2v) is 9.00. The third-order valence-electron chi connectivity index (χ3n) is 2.97. The molecule has 0 unspecified atom stereocenters. The number of thioether (sulfide) groups is 2. The molecule has 118 valence electrons. The Bertz CT molecular complexity index is 496. The van der Waals surface area contributed by atoms with Gasteiger partial charge in [0.1, 0.15) is 23.7 Å². The van der Waals surface area contributed by atoms with Gasteiger partial charge < -0.3 is 10.5 Å². The summed E-state index contributed by atoms with van der Waals surface area (Å²) in [4.78, 5) is 25.6. The van der Waals surface area contributed by atoms with Crippen LogP contribution in [0.15, 0.2) is 11.3 Å². The normalized spacial score (nSPS) is 25.6. The van der Waals surface area contributed by atoms with Crippen molar-refractivity contribution >= 4 is 70.2 Å². The minimum Gasteiger partial charge on any atom is -0.456 e. The van der Waals surface area contributed by atoms with Gasteiger partial charge in [0.2, 0.25) is 9.70 Å². The number of esters is 1. The zero-order valence-corrected chi connectivity index (χ0v) is 14.9. The molecule has 0 saturated carbocycles.